The molecule has 0 aromatic rings. The minimum absolute atomic E-state index is 0.0477. The van der Waals surface area contributed by atoms with Crippen LogP contribution in [0.1, 0.15) is 39.0 Å². The maximum Gasteiger partial charge on any atom is 0.168 e. The first kappa shape index (κ1) is 12.6. The fraction of sp³-hybridized carbons (Fsp3) is 0.667. The summed E-state index contributed by atoms with van der Waals surface area (Å²) in [4.78, 5) is 12.3. The molecule has 0 aromatic carbocycles. The minimum Gasteiger partial charge on any atom is -0.381 e. The SMILES string of the molecule is C=CC[C@@H]1C[C@H]2CC[C@]1(C)[C@@](O)(CC=C)C2=O. The summed E-state index contributed by atoms with van der Waals surface area (Å²) in [5.41, 5.74) is -1.50. The van der Waals surface area contributed by atoms with Crippen LogP contribution in [0.25, 0.3) is 0 Å². The summed E-state index contributed by atoms with van der Waals surface area (Å²) in [5.74, 6) is 0.472. The van der Waals surface area contributed by atoms with Gasteiger partial charge in [0, 0.05) is 17.8 Å². The minimum atomic E-state index is -1.19. The van der Waals surface area contributed by atoms with Gasteiger partial charge in [-0.1, -0.05) is 19.1 Å². The van der Waals surface area contributed by atoms with Gasteiger partial charge in [-0.05, 0) is 31.6 Å². The number of fused-ring (bicyclic) bond motifs is 3. The Hall–Kier alpha value is -0.890. The molecule has 2 nitrogen and oxygen atoms in total. The second-order valence-electron chi connectivity index (χ2n) is 5.83. The van der Waals surface area contributed by atoms with Crippen molar-refractivity contribution in [2.75, 3.05) is 0 Å². The molecular weight excluding hydrogens is 212 g/mol. The number of carbonyl (C=O) groups excluding carboxylic acids is 1. The van der Waals surface area contributed by atoms with Crippen molar-refractivity contribution in [2.24, 2.45) is 17.3 Å². The van der Waals surface area contributed by atoms with Crippen molar-refractivity contribution < 1.29 is 9.90 Å². The van der Waals surface area contributed by atoms with Crippen LogP contribution < -0.4 is 0 Å². The monoisotopic (exact) mass is 234 g/mol. The number of Topliss-reactive ketones (excluding diaryl/α,β-unsaturated/α-hetero) is 1. The molecule has 0 heterocycles. The molecule has 3 fully saturated rings. The first-order chi connectivity index (χ1) is 7.99. The van der Waals surface area contributed by atoms with Crippen LogP contribution in [-0.2, 0) is 4.79 Å². The Morgan fingerprint density at radius 1 is 1.47 bits per heavy atom. The highest BCUT2D eigenvalue weighted by molar-refractivity contribution is 5.92. The van der Waals surface area contributed by atoms with Crippen LogP contribution >= 0.6 is 0 Å². The zero-order valence-electron chi connectivity index (χ0n) is 10.6. The molecule has 0 amide bonds. The number of allylic oxidation sites excluding steroid dienone is 1. The summed E-state index contributed by atoms with van der Waals surface area (Å²) < 4.78 is 0. The third-order valence-corrected chi connectivity index (χ3v) is 5.10. The summed E-state index contributed by atoms with van der Waals surface area (Å²) in [6.45, 7) is 9.55. The number of hydrogen-bond acceptors (Lipinski definition) is 2. The average Bonchev–Trinajstić information content (AvgIpc) is 2.29. The van der Waals surface area contributed by atoms with E-state index < -0.39 is 5.60 Å². The van der Waals surface area contributed by atoms with Gasteiger partial charge in [-0.25, -0.2) is 0 Å². The standard InChI is InChI=1S/C15H22O2/c1-4-6-12-10-11-7-9-14(12,3)15(17,8-5-2)13(11)16/h4-5,11-12,17H,1-2,6-10H2,3H3/t11-,12-,14+,15-/m1/s1. The first-order valence-corrected chi connectivity index (χ1v) is 6.48. The van der Waals surface area contributed by atoms with Gasteiger partial charge in [-0.3, -0.25) is 4.79 Å². The summed E-state index contributed by atoms with van der Waals surface area (Å²) in [5, 5.41) is 10.8. The summed E-state index contributed by atoms with van der Waals surface area (Å²) in [7, 11) is 0. The molecule has 1 N–H and O–H groups in total. The predicted octanol–water partition coefficient (Wildman–Crippen LogP) is 2.88. The number of rotatable bonds is 4. The molecule has 0 aromatic heterocycles. The van der Waals surface area contributed by atoms with E-state index in [0.717, 1.165) is 25.7 Å². The number of ketones is 1. The lowest BCUT2D eigenvalue weighted by Crippen LogP contribution is -2.65. The van der Waals surface area contributed by atoms with Gasteiger partial charge in [-0.2, -0.15) is 0 Å². The van der Waals surface area contributed by atoms with Crippen LogP contribution in [-0.4, -0.2) is 16.5 Å². The molecule has 4 atom stereocenters. The number of hydrogen-bond donors (Lipinski definition) is 1. The van der Waals surface area contributed by atoms with Gasteiger partial charge >= 0.3 is 0 Å². The van der Waals surface area contributed by atoms with E-state index >= 15 is 0 Å². The molecule has 0 saturated heterocycles. The predicted molar refractivity (Wildman–Crippen MR) is 68.5 cm³/mol. The molecule has 2 heteroatoms. The molecule has 3 rings (SSSR count). The Labute approximate surface area is 103 Å². The molecule has 2 bridgehead atoms. The smallest absolute Gasteiger partial charge is 0.168 e. The fourth-order valence-electron chi connectivity index (χ4n) is 3.90. The van der Waals surface area contributed by atoms with Crippen molar-refractivity contribution in [2.45, 2.75) is 44.6 Å². The van der Waals surface area contributed by atoms with E-state index in [4.69, 9.17) is 0 Å². The topological polar surface area (TPSA) is 37.3 Å². The van der Waals surface area contributed by atoms with E-state index in [2.05, 4.69) is 20.1 Å². The number of aliphatic hydroxyl groups is 1. The van der Waals surface area contributed by atoms with Gasteiger partial charge in [0.15, 0.2) is 5.78 Å². The highest BCUT2D eigenvalue weighted by Gasteiger charge is 2.63. The van der Waals surface area contributed by atoms with Crippen LogP contribution in [0.3, 0.4) is 0 Å². The van der Waals surface area contributed by atoms with Crippen molar-refractivity contribution in [1.29, 1.82) is 0 Å². The van der Waals surface area contributed by atoms with Gasteiger partial charge in [0.1, 0.15) is 5.60 Å². The van der Waals surface area contributed by atoms with Crippen molar-refractivity contribution in [3.05, 3.63) is 25.3 Å². The Morgan fingerprint density at radius 2 is 2.18 bits per heavy atom. The third kappa shape index (κ3) is 1.54. The molecule has 0 radical (unpaired) electrons. The van der Waals surface area contributed by atoms with E-state index in [0.29, 0.717) is 12.3 Å². The van der Waals surface area contributed by atoms with Crippen LogP contribution in [0.5, 0.6) is 0 Å². The van der Waals surface area contributed by atoms with E-state index in [1.165, 1.54) is 0 Å². The van der Waals surface area contributed by atoms with Crippen molar-refractivity contribution in [3.8, 4) is 0 Å². The quantitative estimate of drug-likeness (QED) is 0.759. The average molecular weight is 234 g/mol. The van der Waals surface area contributed by atoms with E-state index in [-0.39, 0.29) is 17.1 Å². The Kier molecular flexibility index (Phi) is 3.03. The Bertz CT molecular complexity index is 360. The fourth-order valence-corrected chi connectivity index (χ4v) is 3.90. The molecular formula is C15H22O2. The third-order valence-electron chi connectivity index (χ3n) is 5.10. The van der Waals surface area contributed by atoms with Crippen molar-refractivity contribution in [3.63, 3.8) is 0 Å². The molecule has 94 valence electrons. The highest BCUT2D eigenvalue weighted by Crippen LogP contribution is 2.59. The van der Waals surface area contributed by atoms with Crippen LogP contribution in [0, 0.1) is 17.3 Å². The van der Waals surface area contributed by atoms with Gasteiger partial charge in [0.25, 0.3) is 0 Å². The normalized spacial score (nSPS) is 44.7. The summed E-state index contributed by atoms with van der Waals surface area (Å²) in [6.07, 6.45) is 7.64. The van der Waals surface area contributed by atoms with Crippen LogP contribution in [0.2, 0.25) is 0 Å². The highest BCUT2D eigenvalue weighted by atomic mass is 16.3. The van der Waals surface area contributed by atoms with E-state index in [1.807, 2.05) is 6.08 Å². The lowest BCUT2D eigenvalue weighted by atomic mass is 9.47. The summed E-state index contributed by atoms with van der Waals surface area (Å²) >= 11 is 0. The lowest BCUT2D eigenvalue weighted by Gasteiger charge is -2.58. The first-order valence-electron chi connectivity index (χ1n) is 6.48. The molecule has 0 spiro atoms. The van der Waals surface area contributed by atoms with Crippen molar-refractivity contribution >= 4 is 5.78 Å². The van der Waals surface area contributed by atoms with Crippen LogP contribution in [0.15, 0.2) is 25.3 Å². The Morgan fingerprint density at radius 3 is 2.76 bits per heavy atom. The zero-order chi connectivity index (χ0) is 12.7. The molecule has 3 saturated carbocycles. The second-order valence-corrected chi connectivity index (χ2v) is 5.83. The van der Waals surface area contributed by atoms with Gasteiger partial charge in [0.05, 0.1) is 0 Å². The van der Waals surface area contributed by atoms with Gasteiger partial charge < -0.3 is 5.11 Å². The molecule has 0 aliphatic heterocycles. The van der Waals surface area contributed by atoms with Crippen LogP contribution in [0.4, 0.5) is 0 Å². The van der Waals surface area contributed by atoms with Crippen molar-refractivity contribution in [1.82, 2.24) is 0 Å². The second kappa shape index (κ2) is 4.09. The largest absolute Gasteiger partial charge is 0.381 e. The maximum atomic E-state index is 12.3. The van der Waals surface area contributed by atoms with E-state index in [1.54, 1.807) is 6.08 Å². The number of carbonyl (C=O) groups is 1. The molecule has 3 aliphatic rings. The van der Waals surface area contributed by atoms with Gasteiger partial charge in [-0.15, -0.1) is 13.2 Å². The maximum absolute atomic E-state index is 12.3. The molecule has 17 heavy (non-hydrogen) atoms. The Balaban J connectivity index is 2.40. The zero-order valence-corrected chi connectivity index (χ0v) is 10.6. The lowest BCUT2D eigenvalue weighted by molar-refractivity contribution is -0.191. The molecule has 0 unspecified atom stereocenters. The van der Waals surface area contributed by atoms with Gasteiger partial charge in [0.2, 0.25) is 0 Å². The van der Waals surface area contributed by atoms with E-state index in [9.17, 15) is 9.90 Å². The summed E-state index contributed by atoms with van der Waals surface area (Å²) in [6, 6.07) is 0. The molecule has 3 aliphatic carbocycles.